The van der Waals surface area contributed by atoms with Crippen molar-refractivity contribution in [2.45, 2.75) is 38.9 Å². The molecule has 0 unspecified atom stereocenters. The second-order valence-corrected chi connectivity index (χ2v) is 8.25. The molecule has 0 aliphatic carbocycles. The lowest BCUT2D eigenvalue weighted by molar-refractivity contribution is 0.489. The SMILES string of the molecule is CCc1ccsc1-c1nnc(S(=O)(=O)Cl)n1CC(C)C. The normalized spacial score (nSPS) is 12.2. The van der Waals surface area contributed by atoms with Gasteiger partial charge in [0.1, 0.15) is 0 Å². The minimum atomic E-state index is -3.90. The van der Waals surface area contributed by atoms with Gasteiger partial charge in [-0.25, -0.2) is 8.42 Å². The summed E-state index contributed by atoms with van der Waals surface area (Å²) in [6.07, 6.45) is 0.857. The van der Waals surface area contributed by atoms with Crippen molar-refractivity contribution in [2.24, 2.45) is 5.92 Å². The zero-order valence-corrected chi connectivity index (χ0v) is 13.9. The van der Waals surface area contributed by atoms with E-state index in [9.17, 15) is 8.42 Å². The van der Waals surface area contributed by atoms with Crippen LogP contribution >= 0.6 is 22.0 Å². The van der Waals surface area contributed by atoms with Gasteiger partial charge in [0.15, 0.2) is 5.82 Å². The van der Waals surface area contributed by atoms with E-state index in [1.807, 2.05) is 32.2 Å². The topological polar surface area (TPSA) is 64.8 Å². The fraction of sp³-hybridized carbons (Fsp3) is 0.500. The first-order valence-electron chi connectivity index (χ1n) is 6.29. The summed E-state index contributed by atoms with van der Waals surface area (Å²) in [6.45, 7) is 6.56. The fourth-order valence-electron chi connectivity index (χ4n) is 1.98. The molecule has 2 aromatic heterocycles. The van der Waals surface area contributed by atoms with Crippen LogP contribution in [0, 0.1) is 5.92 Å². The van der Waals surface area contributed by atoms with Crippen molar-refractivity contribution in [1.82, 2.24) is 14.8 Å². The Labute approximate surface area is 127 Å². The van der Waals surface area contributed by atoms with E-state index in [0.29, 0.717) is 12.4 Å². The monoisotopic (exact) mass is 333 g/mol. The van der Waals surface area contributed by atoms with E-state index in [1.165, 1.54) is 11.3 Å². The molecule has 2 heterocycles. The molecule has 2 aromatic rings. The molecule has 0 aromatic carbocycles. The van der Waals surface area contributed by atoms with Crippen LogP contribution in [0.15, 0.2) is 16.6 Å². The number of hydrogen-bond acceptors (Lipinski definition) is 5. The Bertz CT molecular complexity index is 704. The quantitative estimate of drug-likeness (QED) is 0.788. The summed E-state index contributed by atoms with van der Waals surface area (Å²) in [4.78, 5) is 0.951. The van der Waals surface area contributed by atoms with E-state index in [2.05, 4.69) is 10.2 Å². The van der Waals surface area contributed by atoms with E-state index in [4.69, 9.17) is 10.7 Å². The summed E-state index contributed by atoms with van der Waals surface area (Å²) in [5.41, 5.74) is 1.13. The van der Waals surface area contributed by atoms with Crippen molar-refractivity contribution in [1.29, 1.82) is 0 Å². The summed E-state index contributed by atoms with van der Waals surface area (Å²) in [5.74, 6) is 0.830. The highest BCUT2D eigenvalue weighted by Gasteiger charge is 2.25. The van der Waals surface area contributed by atoms with Crippen LogP contribution in [-0.2, 0) is 22.0 Å². The standard InChI is InChI=1S/C12H16ClN3O2S2/c1-4-9-5-6-19-10(9)11-14-15-12(20(13,17)18)16(11)7-8(2)3/h5-6,8H,4,7H2,1-3H3. The Kier molecular flexibility index (Phi) is 4.51. The largest absolute Gasteiger partial charge is 0.296 e. The van der Waals surface area contributed by atoms with Crippen molar-refractivity contribution in [2.75, 3.05) is 0 Å². The van der Waals surface area contributed by atoms with E-state index in [1.54, 1.807) is 4.57 Å². The van der Waals surface area contributed by atoms with Gasteiger partial charge in [-0.1, -0.05) is 20.8 Å². The number of rotatable bonds is 5. The van der Waals surface area contributed by atoms with Gasteiger partial charge in [-0.3, -0.25) is 4.57 Å². The number of halogens is 1. The number of hydrogen-bond donors (Lipinski definition) is 0. The van der Waals surface area contributed by atoms with Crippen molar-refractivity contribution < 1.29 is 8.42 Å². The molecular formula is C12H16ClN3O2S2. The molecule has 0 spiro atoms. The van der Waals surface area contributed by atoms with E-state index >= 15 is 0 Å². The van der Waals surface area contributed by atoms with E-state index in [-0.39, 0.29) is 11.1 Å². The molecule has 0 aliphatic rings. The predicted octanol–water partition coefficient (Wildman–Crippen LogP) is 3.15. The molecule has 20 heavy (non-hydrogen) atoms. The van der Waals surface area contributed by atoms with Crippen LogP contribution in [0.25, 0.3) is 10.7 Å². The Morgan fingerprint density at radius 3 is 2.65 bits per heavy atom. The number of aryl methyl sites for hydroxylation is 1. The van der Waals surface area contributed by atoms with E-state index < -0.39 is 9.05 Å². The highest BCUT2D eigenvalue weighted by molar-refractivity contribution is 8.13. The second-order valence-electron chi connectivity index (χ2n) is 4.88. The first-order valence-corrected chi connectivity index (χ1v) is 9.48. The van der Waals surface area contributed by atoms with Crippen molar-refractivity contribution in [3.05, 3.63) is 17.0 Å². The van der Waals surface area contributed by atoms with Gasteiger partial charge in [0.05, 0.1) is 4.88 Å². The average molecular weight is 334 g/mol. The highest BCUT2D eigenvalue weighted by atomic mass is 35.7. The minimum Gasteiger partial charge on any atom is -0.296 e. The Morgan fingerprint density at radius 2 is 2.10 bits per heavy atom. The van der Waals surface area contributed by atoms with Gasteiger partial charge in [-0.15, -0.1) is 21.5 Å². The molecule has 0 amide bonds. The fourth-order valence-corrected chi connectivity index (χ4v) is 3.87. The number of thiophene rings is 1. The zero-order valence-electron chi connectivity index (χ0n) is 11.5. The Balaban J connectivity index is 2.62. The molecule has 0 saturated heterocycles. The second kappa shape index (κ2) is 5.83. The summed E-state index contributed by atoms with van der Waals surface area (Å²) >= 11 is 1.53. The van der Waals surface area contributed by atoms with Gasteiger partial charge in [-0.2, -0.15) is 0 Å². The lowest BCUT2D eigenvalue weighted by Crippen LogP contribution is -2.11. The van der Waals surface area contributed by atoms with Gasteiger partial charge in [0, 0.05) is 17.2 Å². The van der Waals surface area contributed by atoms with Gasteiger partial charge in [0.25, 0.3) is 14.2 Å². The van der Waals surface area contributed by atoms with Crippen LogP contribution in [0.2, 0.25) is 0 Å². The van der Waals surface area contributed by atoms with Crippen LogP contribution in [0.4, 0.5) is 0 Å². The van der Waals surface area contributed by atoms with Crippen LogP contribution in [0.5, 0.6) is 0 Å². The number of aromatic nitrogens is 3. The molecule has 0 N–H and O–H groups in total. The summed E-state index contributed by atoms with van der Waals surface area (Å²) < 4.78 is 24.8. The molecule has 0 bridgehead atoms. The third-order valence-corrected chi connectivity index (χ3v) is 4.92. The first-order chi connectivity index (χ1) is 9.34. The van der Waals surface area contributed by atoms with Crippen LogP contribution < -0.4 is 0 Å². The number of nitrogens with zero attached hydrogens (tertiary/aromatic N) is 3. The minimum absolute atomic E-state index is 0.182. The molecule has 2 rings (SSSR count). The third-order valence-electron chi connectivity index (χ3n) is 2.81. The van der Waals surface area contributed by atoms with Gasteiger partial charge >= 0.3 is 0 Å². The third kappa shape index (κ3) is 3.05. The van der Waals surface area contributed by atoms with Gasteiger partial charge in [0.2, 0.25) is 0 Å². The molecule has 0 atom stereocenters. The maximum absolute atomic E-state index is 11.6. The predicted molar refractivity (Wildman–Crippen MR) is 80.6 cm³/mol. The maximum atomic E-state index is 11.6. The Hall–Kier alpha value is -0.920. The molecule has 0 radical (unpaired) electrons. The Morgan fingerprint density at radius 1 is 1.40 bits per heavy atom. The molecule has 110 valence electrons. The zero-order chi connectivity index (χ0) is 14.9. The smallest absolute Gasteiger partial charge is 0.296 e. The van der Waals surface area contributed by atoms with Crippen molar-refractivity contribution >= 4 is 31.1 Å². The average Bonchev–Trinajstić information content (AvgIpc) is 2.92. The first kappa shape index (κ1) is 15.5. The summed E-state index contributed by atoms with van der Waals surface area (Å²) in [7, 11) is 1.55. The van der Waals surface area contributed by atoms with Crippen molar-refractivity contribution in [3.63, 3.8) is 0 Å². The lowest BCUT2D eigenvalue weighted by atomic mass is 10.2. The van der Waals surface area contributed by atoms with Crippen LogP contribution in [0.3, 0.4) is 0 Å². The molecule has 0 fully saturated rings. The summed E-state index contributed by atoms with van der Waals surface area (Å²) in [5, 5.41) is 9.61. The van der Waals surface area contributed by atoms with Gasteiger partial charge < -0.3 is 0 Å². The summed E-state index contributed by atoms with van der Waals surface area (Å²) in [6, 6.07) is 2.02. The molecule has 0 aliphatic heterocycles. The van der Waals surface area contributed by atoms with Gasteiger partial charge in [-0.05, 0) is 29.3 Å². The molecule has 0 saturated carbocycles. The molecule has 8 heteroatoms. The molecule has 5 nitrogen and oxygen atoms in total. The van der Waals surface area contributed by atoms with Crippen molar-refractivity contribution in [3.8, 4) is 10.7 Å². The maximum Gasteiger partial charge on any atom is 0.296 e. The van der Waals surface area contributed by atoms with E-state index in [0.717, 1.165) is 16.9 Å². The molecular weight excluding hydrogens is 318 g/mol. The van der Waals surface area contributed by atoms with Crippen LogP contribution in [0.1, 0.15) is 26.3 Å². The highest BCUT2D eigenvalue weighted by Crippen LogP contribution is 2.31. The lowest BCUT2D eigenvalue weighted by Gasteiger charge is -2.11. The van der Waals surface area contributed by atoms with Crippen LogP contribution in [-0.4, -0.2) is 23.2 Å².